The minimum Gasteiger partial charge on any atom is -0.460 e. The van der Waals surface area contributed by atoms with Crippen LogP contribution in [0.1, 0.15) is 21.9 Å². The molecule has 3 rings (SSSR count). The third-order valence-corrected chi connectivity index (χ3v) is 3.15. The molecule has 110 valence electrons. The van der Waals surface area contributed by atoms with Gasteiger partial charge in [-0.15, -0.1) is 0 Å². The molecule has 0 radical (unpaired) electrons. The number of para-hydroxylation sites is 1. The Morgan fingerprint density at radius 1 is 1.14 bits per heavy atom. The van der Waals surface area contributed by atoms with Crippen molar-refractivity contribution in [1.82, 2.24) is 9.99 Å². The van der Waals surface area contributed by atoms with Crippen molar-refractivity contribution < 1.29 is 9.21 Å². The number of aryl methyl sites for hydroxylation is 1. The highest BCUT2D eigenvalue weighted by Crippen LogP contribution is 2.14. The summed E-state index contributed by atoms with van der Waals surface area (Å²) >= 11 is 0. The van der Waals surface area contributed by atoms with Crippen LogP contribution in [0.15, 0.2) is 70.4 Å². The van der Waals surface area contributed by atoms with Gasteiger partial charge in [-0.05, 0) is 43.3 Å². The van der Waals surface area contributed by atoms with E-state index in [1.165, 1.54) is 6.21 Å². The second-order valence-electron chi connectivity index (χ2n) is 4.76. The molecule has 5 heteroatoms. The van der Waals surface area contributed by atoms with E-state index in [0.29, 0.717) is 11.3 Å². The van der Waals surface area contributed by atoms with Crippen LogP contribution >= 0.6 is 0 Å². The average molecular weight is 293 g/mol. The zero-order valence-electron chi connectivity index (χ0n) is 12.1. The molecule has 0 aliphatic carbocycles. The van der Waals surface area contributed by atoms with Gasteiger partial charge in [-0.25, -0.2) is 5.43 Å². The van der Waals surface area contributed by atoms with Gasteiger partial charge in [-0.2, -0.15) is 5.10 Å². The van der Waals surface area contributed by atoms with Gasteiger partial charge in [0, 0.05) is 12.4 Å². The summed E-state index contributed by atoms with van der Waals surface area (Å²) < 4.78 is 7.23. The fourth-order valence-electron chi connectivity index (χ4n) is 2.12. The van der Waals surface area contributed by atoms with Crippen LogP contribution in [-0.2, 0) is 0 Å². The van der Waals surface area contributed by atoms with Crippen molar-refractivity contribution in [2.24, 2.45) is 5.10 Å². The third-order valence-electron chi connectivity index (χ3n) is 3.15. The summed E-state index contributed by atoms with van der Waals surface area (Å²) in [6.07, 6.45) is 5.26. The Labute approximate surface area is 127 Å². The van der Waals surface area contributed by atoms with Crippen LogP contribution in [0.5, 0.6) is 0 Å². The highest BCUT2D eigenvalue weighted by molar-refractivity contribution is 5.98. The first-order chi connectivity index (χ1) is 10.7. The molecule has 2 aromatic heterocycles. The van der Waals surface area contributed by atoms with Gasteiger partial charge in [0.1, 0.15) is 11.5 Å². The monoisotopic (exact) mass is 293 g/mol. The summed E-state index contributed by atoms with van der Waals surface area (Å²) in [5.41, 5.74) is 3.86. The number of hydrogen-bond acceptors (Lipinski definition) is 3. The molecule has 5 nitrogen and oxygen atoms in total. The predicted molar refractivity (Wildman–Crippen MR) is 84.3 cm³/mol. The Bertz CT molecular complexity index is 801. The van der Waals surface area contributed by atoms with Crippen molar-refractivity contribution in [3.05, 3.63) is 78.0 Å². The molecule has 22 heavy (non-hydrogen) atoms. The number of carbonyl (C=O) groups is 1. The molecule has 0 saturated heterocycles. The Hall–Kier alpha value is -3.08. The van der Waals surface area contributed by atoms with E-state index < -0.39 is 0 Å². The summed E-state index contributed by atoms with van der Waals surface area (Å²) in [6.45, 7) is 1.85. The average Bonchev–Trinajstić information content (AvgIpc) is 3.19. The smallest absolute Gasteiger partial charge is 0.273 e. The van der Waals surface area contributed by atoms with Crippen LogP contribution in [0.4, 0.5) is 0 Å². The van der Waals surface area contributed by atoms with Crippen LogP contribution in [0.3, 0.4) is 0 Å². The van der Waals surface area contributed by atoms with Gasteiger partial charge in [-0.1, -0.05) is 12.1 Å². The van der Waals surface area contributed by atoms with E-state index in [1.54, 1.807) is 12.1 Å². The first-order valence-corrected chi connectivity index (χ1v) is 6.86. The molecule has 0 unspecified atom stereocenters. The van der Waals surface area contributed by atoms with Crippen molar-refractivity contribution in [1.29, 1.82) is 0 Å². The number of furan rings is 1. The highest BCUT2D eigenvalue weighted by Gasteiger charge is 2.10. The van der Waals surface area contributed by atoms with Crippen molar-refractivity contribution in [3.63, 3.8) is 0 Å². The molecular formula is C17H15N3O2. The Kier molecular flexibility index (Phi) is 3.87. The molecule has 0 atom stereocenters. The summed E-state index contributed by atoms with van der Waals surface area (Å²) in [5.74, 6) is 1.12. The SMILES string of the molecule is Cc1ccc(C=NNC(=O)c2ccccc2-n2cccc2)o1. The maximum absolute atomic E-state index is 12.3. The van der Waals surface area contributed by atoms with E-state index in [9.17, 15) is 4.79 Å². The van der Waals surface area contributed by atoms with E-state index in [1.807, 2.05) is 60.3 Å². The lowest BCUT2D eigenvalue weighted by Gasteiger charge is -2.08. The van der Waals surface area contributed by atoms with Crippen molar-refractivity contribution >= 4 is 12.1 Å². The van der Waals surface area contributed by atoms with E-state index >= 15 is 0 Å². The molecule has 1 aromatic carbocycles. The summed E-state index contributed by atoms with van der Waals surface area (Å²) in [5, 5.41) is 3.93. The number of hydrogen-bond donors (Lipinski definition) is 1. The number of nitrogens with one attached hydrogen (secondary N) is 1. The summed E-state index contributed by atoms with van der Waals surface area (Å²) in [6, 6.07) is 14.8. The molecule has 0 aliphatic rings. The molecular weight excluding hydrogens is 278 g/mol. The maximum atomic E-state index is 12.3. The molecule has 1 amide bonds. The van der Waals surface area contributed by atoms with Crippen molar-refractivity contribution in [2.75, 3.05) is 0 Å². The fraction of sp³-hybridized carbons (Fsp3) is 0.0588. The first-order valence-electron chi connectivity index (χ1n) is 6.86. The van der Waals surface area contributed by atoms with Crippen LogP contribution in [0.25, 0.3) is 5.69 Å². The lowest BCUT2D eigenvalue weighted by atomic mass is 10.1. The Morgan fingerprint density at radius 2 is 1.91 bits per heavy atom. The lowest BCUT2D eigenvalue weighted by Crippen LogP contribution is -2.19. The van der Waals surface area contributed by atoms with Gasteiger partial charge in [0.05, 0.1) is 17.5 Å². The van der Waals surface area contributed by atoms with Crippen LogP contribution in [-0.4, -0.2) is 16.7 Å². The van der Waals surface area contributed by atoms with Crippen molar-refractivity contribution in [3.8, 4) is 5.69 Å². The third kappa shape index (κ3) is 2.98. The number of benzene rings is 1. The summed E-state index contributed by atoms with van der Waals surface area (Å²) in [7, 11) is 0. The molecule has 0 bridgehead atoms. The molecule has 0 saturated carbocycles. The van der Waals surface area contributed by atoms with Gasteiger partial charge in [0.2, 0.25) is 0 Å². The highest BCUT2D eigenvalue weighted by atomic mass is 16.3. The number of nitrogens with zero attached hydrogens (tertiary/aromatic N) is 2. The Morgan fingerprint density at radius 3 is 2.64 bits per heavy atom. The lowest BCUT2D eigenvalue weighted by molar-refractivity contribution is 0.0955. The van der Waals surface area contributed by atoms with Gasteiger partial charge >= 0.3 is 0 Å². The molecule has 0 aliphatic heterocycles. The topological polar surface area (TPSA) is 59.5 Å². The molecule has 2 heterocycles. The van der Waals surface area contributed by atoms with E-state index in [2.05, 4.69) is 10.5 Å². The van der Waals surface area contributed by atoms with Crippen LogP contribution in [0.2, 0.25) is 0 Å². The number of rotatable bonds is 4. The minimum absolute atomic E-state index is 0.274. The largest absolute Gasteiger partial charge is 0.460 e. The van der Waals surface area contributed by atoms with E-state index in [0.717, 1.165) is 11.4 Å². The van der Waals surface area contributed by atoms with Gasteiger partial charge in [-0.3, -0.25) is 4.79 Å². The number of hydrazone groups is 1. The Balaban J connectivity index is 1.77. The number of aromatic nitrogens is 1. The normalized spacial score (nSPS) is 11.0. The summed E-state index contributed by atoms with van der Waals surface area (Å²) in [4.78, 5) is 12.3. The standard InChI is InChI=1S/C17H15N3O2/c1-13-8-9-14(22-13)12-18-19-17(21)15-6-2-3-7-16(15)20-10-4-5-11-20/h2-12H,1H3,(H,19,21). The zero-order valence-corrected chi connectivity index (χ0v) is 12.1. The van der Waals surface area contributed by atoms with Gasteiger partial charge in [0.25, 0.3) is 5.91 Å². The minimum atomic E-state index is -0.274. The maximum Gasteiger partial charge on any atom is 0.273 e. The van der Waals surface area contributed by atoms with Gasteiger partial charge in [0.15, 0.2) is 0 Å². The molecule has 1 N–H and O–H groups in total. The second-order valence-corrected chi connectivity index (χ2v) is 4.76. The van der Waals surface area contributed by atoms with Crippen LogP contribution in [0, 0.1) is 6.92 Å². The molecule has 0 fully saturated rings. The first kappa shape index (κ1) is 13.9. The van der Waals surface area contributed by atoms with Crippen molar-refractivity contribution in [2.45, 2.75) is 6.92 Å². The predicted octanol–water partition coefficient (Wildman–Crippen LogP) is 3.14. The zero-order chi connectivity index (χ0) is 15.4. The molecule has 0 spiro atoms. The quantitative estimate of drug-likeness (QED) is 0.593. The van der Waals surface area contributed by atoms with E-state index in [-0.39, 0.29) is 5.91 Å². The fourth-order valence-corrected chi connectivity index (χ4v) is 2.12. The number of amides is 1. The molecule has 3 aromatic rings. The second kappa shape index (κ2) is 6.13. The number of carbonyl (C=O) groups excluding carboxylic acids is 1. The van der Waals surface area contributed by atoms with E-state index in [4.69, 9.17) is 4.42 Å². The van der Waals surface area contributed by atoms with Crippen LogP contribution < -0.4 is 5.43 Å². The van der Waals surface area contributed by atoms with Gasteiger partial charge < -0.3 is 8.98 Å².